The average molecular weight is 284 g/mol. The molecule has 2 heteroatoms. The molecule has 4 aliphatic carbocycles. The molecule has 4 rings (SSSR count). The number of aliphatic hydroxyl groups is 1. The Bertz CT molecular complexity index is 597. The van der Waals surface area contributed by atoms with Gasteiger partial charge in [0.25, 0.3) is 0 Å². The van der Waals surface area contributed by atoms with Gasteiger partial charge in [0, 0.05) is 11.8 Å². The van der Waals surface area contributed by atoms with E-state index in [0.717, 1.165) is 19.3 Å². The molecule has 0 heterocycles. The Morgan fingerprint density at radius 2 is 2.10 bits per heavy atom. The number of fused-ring (bicyclic) bond motifs is 5. The van der Waals surface area contributed by atoms with Crippen LogP contribution in [0.3, 0.4) is 0 Å². The largest absolute Gasteiger partial charge is 0.392 e. The maximum atomic E-state index is 12.0. The van der Waals surface area contributed by atoms with E-state index in [4.69, 9.17) is 0 Å². The minimum Gasteiger partial charge on any atom is -0.392 e. The fourth-order valence-corrected chi connectivity index (χ4v) is 5.45. The van der Waals surface area contributed by atoms with Gasteiger partial charge in [0.1, 0.15) is 0 Å². The van der Waals surface area contributed by atoms with Crippen LogP contribution >= 0.6 is 0 Å². The molecule has 0 aromatic carbocycles. The quantitative estimate of drug-likeness (QED) is 0.738. The summed E-state index contributed by atoms with van der Waals surface area (Å²) in [4.78, 5) is 12.0. The van der Waals surface area contributed by atoms with Crippen LogP contribution in [0.4, 0.5) is 0 Å². The Hall–Kier alpha value is -1.15. The molecule has 0 spiro atoms. The van der Waals surface area contributed by atoms with Gasteiger partial charge in [-0.15, -0.1) is 0 Å². The van der Waals surface area contributed by atoms with E-state index in [1.54, 1.807) is 0 Å². The average Bonchev–Trinajstić information content (AvgIpc) is 2.76. The third-order valence-electron chi connectivity index (χ3n) is 6.81. The van der Waals surface area contributed by atoms with Gasteiger partial charge in [-0.2, -0.15) is 0 Å². The van der Waals surface area contributed by atoms with Crippen LogP contribution in [0.5, 0.6) is 0 Å². The molecule has 21 heavy (non-hydrogen) atoms. The molecule has 1 fully saturated rings. The van der Waals surface area contributed by atoms with Gasteiger partial charge in [0.05, 0.1) is 6.10 Å². The molecule has 0 radical (unpaired) electrons. The summed E-state index contributed by atoms with van der Waals surface area (Å²) in [7, 11) is 0. The highest BCUT2D eigenvalue weighted by molar-refractivity contribution is 5.94. The van der Waals surface area contributed by atoms with Gasteiger partial charge >= 0.3 is 0 Å². The second-order valence-corrected chi connectivity index (χ2v) is 7.88. The van der Waals surface area contributed by atoms with Crippen molar-refractivity contribution in [2.24, 2.45) is 22.7 Å². The molecule has 112 valence electrons. The van der Waals surface area contributed by atoms with Crippen LogP contribution in [0, 0.1) is 22.7 Å². The van der Waals surface area contributed by atoms with Crippen molar-refractivity contribution in [1.82, 2.24) is 0 Å². The summed E-state index contributed by atoms with van der Waals surface area (Å²) in [5.74, 6) is 1.13. The predicted octanol–water partition coefficient (Wildman–Crippen LogP) is 3.58. The first-order chi connectivity index (χ1) is 9.95. The normalized spacial score (nSPS) is 48.1. The van der Waals surface area contributed by atoms with E-state index in [1.165, 1.54) is 17.6 Å². The summed E-state index contributed by atoms with van der Waals surface area (Å²) in [5.41, 5.74) is 2.56. The zero-order valence-electron chi connectivity index (χ0n) is 12.9. The van der Waals surface area contributed by atoms with E-state index in [2.05, 4.69) is 32.1 Å². The van der Waals surface area contributed by atoms with E-state index in [9.17, 15) is 9.90 Å². The molecule has 0 unspecified atom stereocenters. The van der Waals surface area contributed by atoms with E-state index in [1.807, 2.05) is 6.08 Å². The number of carbonyl (C=O) groups is 1. The Balaban J connectivity index is 1.81. The Kier molecular flexibility index (Phi) is 2.70. The van der Waals surface area contributed by atoms with Crippen molar-refractivity contribution < 1.29 is 9.90 Å². The number of rotatable bonds is 0. The molecular formula is C19H24O2. The summed E-state index contributed by atoms with van der Waals surface area (Å²) in [6, 6.07) is 0. The summed E-state index contributed by atoms with van der Waals surface area (Å²) in [6.45, 7) is 4.46. The lowest BCUT2D eigenvalue weighted by Gasteiger charge is -2.55. The van der Waals surface area contributed by atoms with E-state index >= 15 is 0 Å². The van der Waals surface area contributed by atoms with Crippen molar-refractivity contribution in [1.29, 1.82) is 0 Å². The van der Waals surface area contributed by atoms with E-state index < -0.39 is 0 Å². The number of aliphatic hydroxyl groups excluding tert-OH is 1. The molecular weight excluding hydrogens is 260 g/mol. The molecule has 2 nitrogen and oxygen atoms in total. The summed E-state index contributed by atoms with van der Waals surface area (Å²) in [6.07, 6.45) is 13.1. The lowest BCUT2D eigenvalue weighted by atomic mass is 9.50. The van der Waals surface area contributed by atoms with Crippen molar-refractivity contribution in [3.8, 4) is 0 Å². The van der Waals surface area contributed by atoms with Crippen LogP contribution in [0.15, 0.2) is 35.5 Å². The summed E-state index contributed by atoms with van der Waals surface area (Å²) < 4.78 is 0. The molecule has 5 atom stereocenters. The summed E-state index contributed by atoms with van der Waals surface area (Å²) in [5, 5.41) is 10.8. The number of hydrogen-bond donors (Lipinski definition) is 1. The zero-order valence-corrected chi connectivity index (χ0v) is 12.9. The highest BCUT2D eigenvalue weighted by Gasteiger charge is 2.56. The zero-order chi connectivity index (χ0) is 14.8. The minimum atomic E-state index is -0.376. The van der Waals surface area contributed by atoms with Crippen LogP contribution in [0.25, 0.3) is 0 Å². The third-order valence-corrected chi connectivity index (χ3v) is 6.81. The molecule has 1 saturated carbocycles. The number of ketones is 1. The van der Waals surface area contributed by atoms with Crippen LogP contribution < -0.4 is 0 Å². The maximum Gasteiger partial charge on any atom is 0.156 e. The van der Waals surface area contributed by atoms with Crippen LogP contribution in [-0.4, -0.2) is 17.0 Å². The lowest BCUT2D eigenvalue weighted by Crippen LogP contribution is -2.50. The van der Waals surface area contributed by atoms with Crippen molar-refractivity contribution in [3.63, 3.8) is 0 Å². The summed E-state index contributed by atoms with van der Waals surface area (Å²) >= 11 is 0. The number of hydrogen-bond acceptors (Lipinski definition) is 2. The molecule has 0 amide bonds. The molecule has 0 saturated heterocycles. The standard InChI is InChI=1S/C19H24O2/c1-18-8-4-3-5-12(18)6-7-14-15-9-13(20)11-19(15,2)17(21)10-16(14)18/h3,5-6,9,14,16-17,21H,4,7-8,10-11H2,1-2H3/t14-,16-,17+,18-,19+/m0/s1. The van der Waals surface area contributed by atoms with Crippen LogP contribution in [0.2, 0.25) is 0 Å². The topological polar surface area (TPSA) is 37.3 Å². The van der Waals surface area contributed by atoms with Crippen molar-refractivity contribution in [2.75, 3.05) is 0 Å². The van der Waals surface area contributed by atoms with Gasteiger partial charge in [0.15, 0.2) is 5.78 Å². The molecule has 0 aromatic rings. The van der Waals surface area contributed by atoms with Crippen LogP contribution in [0.1, 0.15) is 46.0 Å². The molecule has 4 aliphatic rings. The van der Waals surface area contributed by atoms with Crippen molar-refractivity contribution in [3.05, 3.63) is 35.5 Å². The van der Waals surface area contributed by atoms with Gasteiger partial charge in [-0.05, 0) is 54.6 Å². The Labute approximate surface area is 126 Å². The first kappa shape index (κ1) is 13.5. The molecule has 1 N–H and O–H groups in total. The van der Waals surface area contributed by atoms with Gasteiger partial charge in [-0.3, -0.25) is 4.79 Å². The monoisotopic (exact) mass is 284 g/mol. The second kappa shape index (κ2) is 4.19. The smallest absolute Gasteiger partial charge is 0.156 e. The second-order valence-electron chi connectivity index (χ2n) is 7.88. The number of carbonyl (C=O) groups excluding carboxylic acids is 1. The fraction of sp³-hybridized carbons (Fsp3) is 0.632. The van der Waals surface area contributed by atoms with Gasteiger partial charge in [-0.1, -0.05) is 37.6 Å². The SMILES string of the molecule is C[C@]12CCC=CC1=CC[C@H]1C3=CC(=O)C[C@@]3(C)[C@H](O)C[C@@H]12. The Morgan fingerprint density at radius 1 is 1.29 bits per heavy atom. The highest BCUT2D eigenvalue weighted by atomic mass is 16.3. The molecule has 0 bridgehead atoms. The van der Waals surface area contributed by atoms with Gasteiger partial charge in [-0.25, -0.2) is 0 Å². The minimum absolute atomic E-state index is 0.173. The van der Waals surface area contributed by atoms with Crippen molar-refractivity contribution >= 4 is 5.78 Å². The fourth-order valence-electron chi connectivity index (χ4n) is 5.45. The first-order valence-corrected chi connectivity index (χ1v) is 8.25. The predicted molar refractivity (Wildman–Crippen MR) is 82.6 cm³/mol. The number of allylic oxidation sites excluding steroid dienone is 5. The maximum absolute atomic E-state index is 12.0. The first-order valence-electron chi connectivity index (χ1n) is 8.25. The van der Waals surface area contributed by atoms with Crippen LogP contribution in [-0.2, 0) is 4.79 Å². The highest BCUT2D eigenvalue weighted by Crippen LogP contribution is 2.62. The van der Waals surface area contributed by atoms with Gasteiger partial charge in [0.2, 0.25) is 0 Å². The van der Waals surface area contributed by atoms with Gasteiger partial charge < -0.3 is 5.11 Å². The molecule has 0 aromatic heterocycles. The van der Waals surface area contributed by atoms with Crippen molar-refractivity contribution in [2.45, 2.75) is 52.1 Å². The third kappa shape index (κ3) is 1.66. The lowest BCUT2D eigenvalue weighted by molar-refractivity contribution is -0.117. The van der Waals surface area contributed by atoms with E-state index in [0.29, 0.717) is 18.3 Å². The Morgan fingerprint density at radius 3 is 2.90 bits per heavy atom. The molecule has 0 aliphatic heterocycles. The van der Waals surface area contributed by atoms with E-state index in [-0.39, 0.29) is 22.7 Å².